The lowest BCUT2D eigenvalue weighted by atomic mass is 9.94. The second kappa shape index (κ2) is 12.6. The van der Waals surface area contributed by atoms with Crippen LogP contribution in [0.2, 0.25) is 0 Å². The van der Waals surface area contributed by atoms with Gasteiger partial charge in [-0.15, -0.1) is 0 Å². The first-order chi connectivity index (χ1) is 23.2. The number of hydrogen-bond donors (Lipinski definition) is 1. The molecule has 2 aromatic heterocycles. The number of carbonyl (C=O) groups is 1. The normalized spacial score (nSPS) is 17.5. The van der Waals surface area contributed by atoms with E-state index in [2.05, 4.69) is 100 Å². The van der Waals surface area contributed by atoms with E-state index < -0.39 is 12.0 Å². The van der Waals surface area contributed by atoms with Gasteiger partial charge in [0, 0.05) is 50.4 Å². The van der Waals surface area contributed by atoms with Gasteiger partial charge in [0.2, 0.25) is 11.9 Å². The summed E-state index contributed by atoms with van der Waals surface area (Å²) in [5, 5.41) is 13.5. The lowest BCUT2D eigenvalue weighted by Crippen LogP contribution is -2.62. The van der Waals surface area contributed by atoms with Gasteiger partial charge in [-0.05, 0) is 74.6 Å². The van der Waals surface area contributed by atoms with Gasteiger partial charge in [-0.2, -0.15) is 5.26 Å². The van der Waals surface area contributed by atoms with Gasteiger partial charge in [-0.1, -0.05) is 60.7 Å². The fourth-order valence-electron chi connectivity index (χ4n) is 7.48. The third kappa shape index (κ3) is 5.65. The number of nitrogens with one attached hydrogen (secondary N) is 1. The zero-order chi connectivity index (χ0) is 33.6. The Bertz CT molecular complexity index is 1990. The maximum absolute atomic E-state index is 14.3. The monoisotopic (exact) mass is 638 g/mol. The second-order valence-corrected chi connectivity index (χ2v) is 13.9. The van der Waals surface area contributed by atoms with Gasteiger partial charge in [-0.3, -0.25) is 19.9 Å². The van der Waals surface area contributed by atoms with Crippen LogP contribution in [-0.2, 0) is 11.3 Å². The van der Waals surface area contributed by atoms with E-state index in [0.29, 0.717) is 24.6 Å². The van der Waals surface area contributed by atoms with E-state index >= 15 is 0 Å². The first-order valence-electron chi connectivity index (χ1n) is 16.8. The highest BCUT2D eigenvalue weighted by molar-refractivity contribution is 5.93. The Morgan fingerprint density at radius 3 is 2.31 bits per heavy atom. The summed E-state index contributed by atoms with van der Waals surface area (Å²) in [6.07, 6.45) is 1.69. The summed E-state index contributed by atoms with van der Waals surface area (Å²) in [7, 11) is 0. The van der Waals surface area contributed by atoms with Crippen molar-refractivity contribution in [1.82, 2.24) is 29.3 Å². The Morgan fingerprint density at radius 1 is 0.979 bits per heavy atom. The zero-order valence-corrected chi connectivity index (χ0v) is 28.3. The highest BCUT2D eigenvalue weighted by Gasteiger charge is 2.39. The Hall–Kier alpha value is -4.91. The van der Waals surface area contributed by atoms with Crippen LogP contribution in [0.15, 0.2) is 79.0 Å². The number of aromatic nitrogens is 4. The van der Waals surface area contributed by atoms with Crippen molar-refractivity contribution in [2.45, 2.75) is 64.6 Å². The quantitative estimate of drug-likeness (QED) is 0.222. The van der Waals surface area contributed by atoms with Gasteiger partial charge >= 0.3 is 0 Å². The molecule has 1 N–H and O–H groups in total. The minimum absolute atomic E-state index is 0.0878. The summed E-state index contributed by atoms with van der Waals surface area (Å²) in [5.41, 5.74) is 8.21. The molecule has 2 unspecified atom stereocenters. The third-order valence-corrected chi connectivity index (χ3v) is 10.0. The maximum atomic E-state index is 14.3. The van der Waals surface area contributed by atoms with E-state index in [1.807, 2.05) is 38.1 Å². The molecule has 1 aliphatic heterocycles. The largest absolute Gasteiger partial charge is 0.327 e. The molecule has 48 heavy (non-hydrogen) atoms. The molecule has 1 aliphatic carbocycles. The molecule has 244 valence electrons. The number of rotatable bonds is 7. The van der Waals surface area contributed by atoms with Crippen molar-refractivity contribution < 1.29 is 4.79 Å². The lowest BCUT2D eigenvalue weighted by molar-refractivity contribution is -0.124. The SMILES string of the molecule is CCn1c(C(C#N)c2nc(NC(=O)C3CN(C(C)(C)C)CCN3CC3c4ccccc4-c4ccccc43)ncc2C)nc2ccccc21. The van der Waals surface area contributed by atoms with Crippen LogP contribution in [0, 0.1) is 18.3 Å². The summed E-state index contributed by atoms with van der Waals surface area (Å²) >= 11 is 0. The molecule has 3 aromatic carbocycles. The van der Waals surface area contributed by atoms with E-state index in [4.69, 9.17) is 9.97 Å². The molecule has 9 heteroatoms. The van der Waals surface area contributed by atoms with Crippen LogP contribution in [0.25, 0.3) is 22.2 Å². The molecule has 0 radical (unpaired) electrons. The van der Waals surface area contributed by atoms with Crippen molar-refractivity contribution in [2.24, 2.45) is 0 Å². The average Bonchev–Trinajstić information content (AvgIpc) is 3.61. The number of anilines is 1. The summed E-state index contributed by atoms with van der Waals surface area (Å²) in [4.78, 5) is 33.2. The maximum Gasteiger partial charge on any atom is 0.245 e. The third-order valence-electron chi connectivity index (χ3n) is 10.0. The molecule has 7 rings (SSSR count). The Morgan fingerprint density at radius 2 is 1.65 bits per heavy atom. The minimum atomic E-state index is -0.721. The van der Waals surface area contributed by atoms with Gasteiger partial charge < -0.3 is 4.57 Å². The predicted molar refractivity (Wildman–Crippen MR) is 189 cm³/mol. The molecule has 2 aliphatic rings. The van der Waals surface area contributed by atoms with Crippen molar-refractivity contribution in [2.75, 3.05) is 31.5 Å². The number of benzene rings is 3. The fraction of sp³-hybridized carbons (Fsp3) is 0.359. The van der Waals surface area contributed by atoms with Crippen LogP contribution in [0.4, 0.5) is 5.95 Å². The van der Waals surface area contributed by atoms with Crippen LogP contribution in [0.5, 0.6) is 0 Å². The fourth-order valence-corrected chi connectivity index (χ4v) is 7.48. The van der Waals surface area contributed by atoms with E-state index in [9.17, 15) is 10.1 Å². The van der Waals surface area contributed by atoms with Gasteiger partial charge in [0.1, 0.15) is 17.8 Å². The van der Waals surface area contributed by atoms with Gasteiger partial charge in [-0.25, -0.2) is 15.0 Å². The highest BCUT2D eigenvalue weighted by Crippen LogP contribution is 2.45. The number of aryl methyl sites for hydroxylation is 2. The van der Waals surface area contributed by atoms with Gasteiger partial charge in [0.25, 0.3) is 0 Å². The van der Waals surface area contributed by atoms with Crippen molar-refractivity contribution in [3.8, 4) is 17.2 Å². The van der Waals surface area contributed by atoms with Crippen molar-refractivity contribution in [1.29, 1.82) is 5.26 Å². The number of hydrogen-bond acceptors (Lipinski definition) is 7. The molecule has 0 spiro atoms. The van der Waals surface area contributed by atoms with Gasteiger partial charge in [0.15, 0.2) is 0 Å². The number of imidazole rings is 1. The number of piperazine rings is 1. The van der Waals surface area contributed by atoms with E-state index in [1.54, 1.807) is 6.20 Å². The summed E-state index contributed by atoms with van der Waals surface area (Å²) in [5.74, 6) is 0.139. The molecule has 5 aromatic rings. The predicted octanol–water partition coefficient (Wildman–Crippen LogP) is 6.35. The summed E-state index contributed by atoms with van der Waals surface area (Å²) < 4.78 is 2.06. The Kier molecular flexibility index (Phi) is 8.32. The molecular weight excluding hydrogens is 596 g/mol. The summed E-state index contributed by atoms with van der Waals surface area (Å²) in [6, 6.07) is 27.2. The molecule has 0 saturated carbocycles. The van der Waals surface area contributed by atoms with Crippen LogP contribution in [0.3, 0.4) is 0 Å². The highest BCUT2D eigenvalue weighted by atomic mass is 16.2. The average molecular weight is 639 g/mol. The molecular formula is C39H42N8O. The van der Waals surface area contributed by atoms with Crippen LogP contribution < -0.4 is 5.32 Å². The van der Waals surface area contributed by atoms with E-state index in [0.717, 1.165) is 36.2 Å². The number of carbonyl (C=O) groups excluding carboxylic acids is 1. The van der Waals surface area contributed by atoms with Crippen molar-refractivity contribution >= 4 is 22.9 Å². The number of nitriles is 1. The molecule has 0 bridgehead atoms. The van der Waals surface area contributed by atoms with Crippen LogP contribution in [0.1, 0.15) is 67.7 Å². The zero-order valence-electron chi connectivity index (χ0n) is 28.3. The molecule has 1 saturated heterocycles. The van der Waals surface area contributed by atoms with Crippen molar-refractivity contribution in [3.63, 3.8) is 0 Å². The molecule has 1 amide bonds. The first kappa shape index (κ1) is 31.7. The lowest BCUT2D eigenvalue weighted by Gasteiger charge is -2.46. The molecule has 9 nitrogen and oxygen atoms in total. The topological polar surface area (TPSA) is 103 Å². The van der Waals surface area contributed by atoms with E-state index in [-0.39, 0.29) is 23.3 Å². The van der Waals surface area contributed by atoms with E-state index in [1.165, 1.54) is 22.3 Å². The number of nitrogens with zero attached hydrogens (tertiary/aromatic N) is 7. The van der Waals surface area contributed by atoms with Crippen molar-refractivity contribution in [3.05, 3.63) is 107 Å². The standard InChI is InChI=1S/C39H42N8O/c1-6-47-33-18-12-11-17-32(33)42-36(47)30(21-40)35-25(2)22-41-38(43-35)44-37(48)34-24-46(39(3,4)5)20-19-45(34)23-31-28-15-9-7-13-26(28)27-14-8-10-16-29(27)31/h7-18,22,30-31,34H,6,19-20,23-24H2,1-5H3,(H,41,43,44,48). The second-order valence-electron chi connectivity index (χ2n) is 13.9. The molecule has 2 atom stereocenters. The smallest absolute Gasteiger partial charge is 0.245 e. The molecule has 3 heterocycles. The summed E-state index contributed by atoms with van der Waals surface area (Å²) in [6.45, 7) is 14.2. The Labute approximate surface area is 282 Å². The van der Waals surface area contributed by atoms with Crippen LogP contribution in [-0.4, -0.2) is 73.0 Å². The van der Waals surface area contributed by atoms with Gasteiger partial charge in [0.05, 0.1) is 22.8 Å². The minimum Gasteiger partial charge on any atom is -0.327 e. The Balaban J connectivity index is 1.19. The first-order valence-corrected chi connectivity index (χ1v) is 16.8. The van der Waals surface area contributed by atoms with Crippen LogP contribution >= 0.6 is 0 Å². The molecule has 1 fully saturated rings. The number of para-hydroxylation sites is 2. The number of amides is 1. The number of fused-ring (bicyclic) bond motifs is 4.